The van der Waals surface area contributed by atoms with E-state index in [1.165, 1.54) is 14.7 Å². The second-order valence-corrected chi connectivity index (χ2v) is 6.25. The Hall–Kier alpha value is -0.650. The van der Waals surface area contributed by atoms with Crippen LogP contribution in [-0.2, 0) is 6.42 Å². The summed E-state index contributed by atoms with van der Waals surface area (Å²) < 4.78 is 1.32. The fraction of sp³-hybridized carbons (Fsp3) is 0.312. The molecular weight excluding hydrogens is 383 g/mol. The van der Waals surface area contributed by atoms with E-state index in [9.17, 15) is 0 Å². The number of hydrogen-bond acceptors (Lipinski definition) is 2. The molecule has 0 aliphatic rings. The van der Waals surface area contributed by atoms with E-state index in [1.807, 2.05) is 6.07 Å². The summed E-state index contributed by atoms with van der Waals surface area (Å²) >= 11 is 8.66. The molecule has 0 bridgehead atoms. The largest absolute Gasteiger partial charge is 0.310 e. The molecule has 0 saturated heterocycles. The molecule has 0 spiro atoms. The summed E-state index contributed by atoms with van der Waals surface area (Å²) in [5.74, 6) is 0. The molecule has 1 aromatic heterocycles. The van der Waals surface area contributed by atoms with Crippen molar-refractivity contribution in [3.05, 3.63) is 61.9 Å². The predicted molar refractivity (Wildman–Crippen MR) is 93.3 cm³/mol. The summed E-state index contributed by atoms with van der Waals surface area (Å²) in [6.45, 7) is 5.20. The Kier molecular flexibility index (Phi) is 5.81. The highest BCUT2D eigenvalue weighted by Crippen LogP contribution is 2.27. The van der Waals surface area contributed by atoms with E-state index in [-0.39, 0.29) is 6.04 Å². The highest BCUT2D eigenvalue weighted by atomic mass is 127. The van der Waals surface area contributed by atoms with Crippen LogP contribution in [0.4, 0.5) is 0 Å². The number of hydrogen-bond donors (Lipinski definition) is 1. The van der Waals surface area contributed by atoms with E-state index in [0.717, 1.165) is 23.6 Å². The minimum absolute atomic E-state index is 0.270. The SMILES string of the molecule is CCNC(Cc1ccncc1Cl)c1cccc(C)c1I. The molecule has 2 rings (SSSR count). The number of rotatable bonds is 5. The Morgan fingerprint density at radius 1 is 1.35 bits per heavy atom. The molecule has 0 aliphatic heterocycles. The van der Waals surface area contributed by atoms with Crippen LogP contribution in [0.3, 0.4) is 0 Å². The second kappa shape index (κ2) is 7.38. The van der Waals surface area contributed by atoms with Gasteiger partial charge in [-0.2, -0.15) is 0 Å². The molecular formula is C16H18ClIN2. The Morgan fingerprint density at radius 2 is 2.15 bits per heavy atom. The number of aromatic nitrogens is 1. The van der Waals surface area contributed by atoms with E-state index < -0.39 is 0 Å². The van der Waals surface area contributed by atoms with Crippen molar-refractivity contribution < 1.29 is 0 Å². The highest BCUT2D eigenvalue weighted by Gasteiger charge is 2.16. The molecule has 0 saturated carbocycles. The molecule has 0 fully saturated rings. The molecule has 4 heteroatoms. The highest BCUT2D eigenvalue weighted by molar-refractivity contribution is 14.1. The molecule has 1 aromatic carbocycles. The summed E-state index contributed by atoms with van der Waals surface area (Å²) in [5.41, 5.74) is 3.78. The van der Waals surface area contributed by atoms with E-state index in [1.54, 1.807) is 12.4 Å². The number of halogens is 2. The first-order valence-corrected chi connectivity index (χ1v) is 8.16. The van der Waals surface area contributed by atoms with Crippen molar-refractivity contribution in [1.29, 1.82) is 0 Å². The quantitative estimate of drug-likeness (QED) is 0.745. The lowest BCUT2D eigenvalue weighted by atomic mass is 9.98. The van der Waals surface area contributed by atoms with Gasteiger partial charge in [-0.3, -0.25) is 4.98 Å². The normalized spacial score (nSPS) is 12.4. The molecule has 1 unspecified atom stereocenters. The molecule has 2 nitrogen and oxygen atoms in total. The van der Waals surface area contributed by atoms with Gasteiger partial charge in [-0.05, 0) is 65.2 Å². The van der Waals surface area contributed by atoms with Gasteiger partial charge in [0, 0.05) is 22.0 Å². The smallest absolute Gasteiger partial charge is 0.0622 e. The predicted octanol–water partition coefficient (Wildman–Crippen LogP) is 4.54. The topological polar surface area (TPSA) is 24.9 Å². The number of nitrogens with one attached hydrogen (secondary N) is 1. The van der Waals surface area contributed by atoms with Crippen LogP contribution in [0.5, 0.6) is 0 Å². The van der Waals surface area contributed by atoms with Gasteiger partial charge in [0.05, 0.1) is 5.02 Å². The zero-order valence-corrected chi connectivity index (χ0v) is 14.6. The third-order valence-corrected chi connectivity index (χ3v) is 5.14. The van der Waals surface area contributed by atoms with E-state index >= 15 is 0 Å². The lowest BCUT2D eigenvalue weighted by Gasteiger charge is -2.21. The maximum atomic E-state index is 6.23. The average molecular weight is 401 g/mol. The Morgan fingerprint density at radius 3 is 2.85 bits per heavy atom. The molecule has 1 N–H and O–H groups in total. The van der Waals surface area contributed by atoms with Crippen molar-refractivity contribution in [2.75, 3.05) is 6.54 Å². The maximum absolute atomic E-state index is 6.23. The van der Waals surface area contributed by atoms with Gasteiger partial charge in [-0.25, -0.2) is 0 Å². The van der Waals surface area contributed by atoms with Crippen molar-refractivity contribution in [1.82, 2.24) is 10.3 Å². The van der Waals surface area contributed by atoms with Crippen molar-refractivity contribution in [2.45, 2.75) is 26.3 Å². The standard InChI is InChI=1S/C16H18ClIN2/c1-3-20-15(9-12-7-8-19-10-14(12)17)13-6-4-5-11(2)16(13)18/h4-8,10,15,20H,3,9H2,1-2H3. The molecule has 1 atom stereocenters. The fourth-order valence-electron chi connectivity index (χ4n) is 2.27. The summed E-state index contributed by atoms with van der Waals surface area (Å²) in [6.07, 6.45) is 4.38. The summed E-state index contributed by atoms with van der Waals surface area (Å²) in [7, 11) is 0. The van der Waals surface area contributed by atoms with Gasteiger partial charge in [0.1, 0.15) is 0 Å². The average Bonchev–Trinajstić information content (AvgIpc) is 2.44. The summed E-state index contributed by atoms with van der Waals surface area (Å²) in [5, 5.41) is 4.29. The fourth-order valence-corrected chi connectivity index (χ4v) is 3.20. The van der Waals surface area contributed by atoms with Gasteiger partial charge in [0.15, 0.2) is 0 Å². The van der Waals surface area contributed by atoms with Crippen molar-refractivity contribution in [2.24, 2.45) is 0 Å². The molecule has 1 heterocycles. The number of pyridine rings is 1. The van der Waals surface area contributed by atoms with Gasteiger partial charge < -0.3 is 5.32 Å². The third-order valence-electron chi connectivity index (χ3n) is 3.33. The first-order valence-electron chi connectivity index (χ1n) is 6.70. The van der Waals surface area contributed by atoms with Gasteiger partial charge in [-0.1, -0.05) is 36.7 Å². The van der Waals surface area contributed by atoms with Crippen molar-refractivity contribution in [3.8, 4) is 0 Å². The van der Waals surface area contributed by atoms with Crippen LogP contribution in [0.1, 0.15) is 29.7 Å². The minimum atomic E-state index is 0.270. The zero-order chi connectivity index (χ0) is 14.5. The van der Waals surface area contributed by atoms with E-state index in [0.29, 0.717) is 0 Å². The van der Waals surface area contributed by atoms with E-state index in [4.69, 9.17) is 11.6 Å². The third kappa shape index (κ3) is 3.71. The van der Waals surface area contributed by atoms with Crippen LogP contribution in [0.2, 0.25) is 5.02 Å². The van der Waals surface area contributed by atoms with Crippen LogP contribution < -0.4 is 5.32 Å². The lowest BCUT2D eigenvalue weighted by molar-refractivity contribution is 0.547. The van der Waals surface area contributed by atoms with Gasteiger partial charge >= 0.3 is 0 Å². The molecule has 0 aliphatic carbocycles. The van der Waals surface area contributed by atoms with Crippen LogP contribution in [0, 0.1) is 10.5 Å². The number of nitrogens with zero attached hydrogens (tertiary/aromatic N) is 1. The molecule has 2 aromatic rings. The Bertz CT molecular complexity index is 586. The molecule has 20 heavy (non-hydrogen) atoms. The van der Waals surface area contributed by atoms with Crippen LogP contribution in [0.25, 0.3) is 0 Å². The second-order valence-electron chi connectivity index (χ2n) is 4.76. The molecule has 106 valence electrons. The summed E-state index contributed by atoms with van der Waals surface area (Å²) in [6, 6.07) is 8.72. The van der Waals surface area contributed by atoms with Gasteiger partial charge in [0.2, 0.25) is 0 Å². The number of benzene rings is 1. The van der Waals surface area contributed by atoms with Crippen LogP contribution in [-0.4, -0.2) is 11.5 Å². The monoisotopic (exact) mass is 400 g/mol. The molecule has 0 radical (unpaired) electrons. The summed E-state index contributed by atoms with van der Waals surface area (Å²) in [4.78, 5) is 4.05. The molecule has 0 amide bonds. The van der Waals surface area contributed by atoms with E-state index in [2.05, 4.69) is 64.9 Å². The van der Waals surface area contributed by atoms with Crippen LogP contribution in [0.15, 0.2) is 36.7 Å². The first-order chi connectivity index (χ1) is 9.63. The van der Waals surface area contributed by atoms with Gasteiger partial charge in [-0.15, -0.1) is 0 Å². The Balaban J connectivity index is 2.32. The number of likely N-dealkylation sites (N-methyl/N-ethyl adjacent to an activating group) is 1. The number of aryl methyl sites for hydroxylation is 1. The Labute approximate surface area is 139 Å². The minimum Gasteiger partial charge on any atom is -0.310 e. The lowest BCUT2D eigenvalue weighted by Crippen LogP contribution is -2.24. The van der Waals surface area contributed by atoms with Crippen molar-refractivity contribution in [3.63, 3.8) is 0 Å². The zero-order valence-electron chi connectivity index (χ0n) is 11.7. The van der Waals surface area contributed by atoms with Gasteiger partial charge in [0.25, 0.3) is 0 Å². The maximum Gasteiger partial charge on any atom is 0.0622 e. The van der Waals surface area contributed by atoms with Crippen LogP contribution >= 0.6 is 34.2 Å². The first kappa shape index (κ1) is 15.7. The van der Waals surface area contributed by atoms with Crippen molar-refractivity contribution >= 4 is 34.2 Å².